The maximum absolute atomic E-state index is 13.9. The quantitative estimate of drug-likeness (QED) is 0.422. The van der Waals surface area contributed by atoms with Gasteiger partial charge in [-0.15, -0.1) is 0 Å². The van der Waals surface area contributed by atoms with Gasteiger partial charge in [0.25, 0.3) is 11.5 Å². The lowest BCUT2D eigenvalue weighted by Gasteiger charge is -2.25. The van der Waals surface area contributed by atoms with Crippen LogP contribution in [0, 0.1) is 17.5 Å². The average Bonchev–Trinajstić information content (AvgIpc) is 2.63. The molecule has 2 rings (SSSR count). The van der Waals surface area contributed by atoms with Crippen LogP contribution in [-0.4, -0.2) is 35.1 Å². The average molecular weight is 418 g/mol. The van der Waals surface area contributed by atoms with Gasteiger partial charge in [0, 0.05) is 30.6 Å². The number of aromatic nitrogens is 1. The molecule has 1 heterocycles. The summed E-state index contributed by atoms with van der Waals surface area (Å²) in [4.78, 5) is 24.0. The highest BCUT2D eigenvalue weighted by Crippen LogP contribution is 2.25. The Morgan fingerprint density at radius 2 is 1.86 bits per heavy atom. The molecular weight excluding hydrogens is 401 g/mol. The van der Waals surface area contributed by atoms with Crippen LogP contribution in [0.4, 0.5) is 13.2 Å². The normalized spacial score (nSPS) is 13.8. The lowest BCUT2D eigenvalue weighted by molar-refractivity contribution is -0.131. The molecular formula is C17H17F3N2O5S. The van der Waals surface area contributed by atoms with Crippen molar-refractivity contribution in [2.45, 2.75) is 24.6 Å². The summed E-state index contributed by atoms with van der Waals surface area (Å²) >= 11 is 0. The van der Waals surface area contributed by atoms with Crippen LogP contribution in [0.1, 0.15) is 13.3 Å². The summed E-state index contributed by atoms with van der Waals surface area (Å²) in [7, 11) is -3.94. The molecule has 0 spiro atoms. The van der Waals surface area contributed by atoms with Crippen LogP contribution >= 0.6 is 0 Å². The third-order valence-corrected chi connectivity index (χ3v) is 6.60. The monoisotopic (exact) mass is 418 g/mol. The number of nitrogens with zero attached hydrogens (tertiary/aromatic N) is 1. The Morgan fingerprint density at radius 1 is 1.21 bits per heavy atom. The van der Waals surface area contributed by atoms with Crippen LogP contribution in [0.5, 0.6) is 0 Å². The molecule has 28 heavy (non-hydrogen) atoms. The van der Waals surface area contributed by atoms with E-state index in [4.69, 9.17) is 5.21 Å². The maximum atomic E-state index is 13.9. The third kappa shape index (κ3) is 3.94. The van der Waals surface area contributed by atoms with Crippen molar-refractivity contribution in [3.05, 3.63) is 58.3 Å². The van der Waals surface area contributed by atoms with Crippen LogP contribution in [0.3, 0.4) is 0 Å². The number of pyridine rings is 1. The first-order valence-electron chi connectivity index (χ1n) is 7.91. The van der Waals surface area contributed by atoms with E-state index < -0.39 is 43.5 Å². The van der Waals surface area contributed by atoms with E-state index in [9.17, 15) is 31.2 Å². The summed E-state index contributed by atoms with van der Waals surface area (Å²) in [6.45, 7) is 0.889. The fourth-order valence-electron chi connectivity index (χ4n) is 2.53. The summed E-state index contributed by atoms with van der Waals surface area (Å²) < 4.78 is 63.2. The number of aryl methyl sites for hydroxylation is 1. The Labute approximate surface area is 158 Å². The molecule has 2 N–H and O–H groups in total. The van der Waals surface area contributed by atoms with E-state index in [-0.39, 0.29) is 24.1 Å². The lowest BCUT2D eigenvalue weighted by atomic mass is 10.0. The molecule has 0 saturated heterocycles. The standard InChI is InChI=1S/C17H17F3N2O5S/c1-17(16(24)21-25,28(2,26)27)6-8-22-7-5-10(9-13(22)23)11-3-4-12(18)15(20)14(11)19/h3-5,7,9,25H,6,8H2,1-2H3,(H,21,24)/t17-/m1/s1. The molecule has 0 aliphatic rings. The van der Waals surface area contributed by atoms with E-state index in [0.29, 0.717) is 0 Å². The molecule has 0 fully saturated rings. The van der Waals surface area contributed by atoms with Gasteiger partial charge in [-0.3, -0.25) is 14.8 Å². The van der Waals surface area contributed by atoms with E-state index in [1.807, 2.05) is 0 Å². The number of benzene rings is 1. The zero-order valence-electron chi connectivity index (χ0n) is 14.9. The summed E-state index contributed by atoms with van der Waals surface area (Å²) in [6.07, 6.45) is 1.69. The molecule has 2 aromatic rings. The highest BCUT2D eigenvalue weighted by Gasteiger charge is 2.43. The molecule has 1 aromatic heterocycles. The number of amides is 1. The van der Waals surface area contributed by atoms with Crippen LogP contribution in [0.2, 0.25) is 0 Å². The van der Waals surface area contributed by atoms with Crippen molar-refractivity contribution in [2.75, 3.05) is 6.26 Å². The Hall–Kier alpha value is -2.66. The van der Waals surface area contributed by atoms with Crippen molar-refractivity contribution >= 4 is 15.7 Å². The van der Waals surface area contributed by atoms with Gasteiger partial charge in [0.1, 0.15) is 0 Å². The molecule has 0 bridgehead atoms. The van der Waals surface area contributed by atoms with Gasteiger partial charge in [-0.05, 0) is 37.1 Å². The number of hydrogen-bond acceptors (Lipinski definition) is 5. The second kappa shape index (κ2) is 7.76. The summed E-state index contributed by atoms with van der Waals surface area (Å²) in [5.74, 6) is -5.62. The Bertz CT molecular complexity index is 1080. The van der Waals surface area contributed by atoms with Gasteiger partial charge in [-0.25, -0.2) is 27.1 Å². The van der Waals surface area contributed by atoms with Crippen molar-refractivity contribution in [1.29, 1.82) is 0 Å². The van der Waals surface area contributed by atoms with Crippen LogP contribution < -0.4 is 11.0 Å². The first kappa shape index (κ1) is 21.6. The van der Waals surface area contributed by atoms with Crippen LogP contribution in [-0.2, 0) is 21.2 Å². The molecule has 1 aromatic carbocycles. The minimum absolute atomic E-state index is 0.00312. The molecule has 7 nitrogen and oxygen atoms in total. The van der Waals surface area contributed by atoms with Gasteiger partial charge in [0.15, 0.2) is 32.0 Å². The number of hydroxylamine groups is 1. The lowest BCUT2D eigenvalue weighted by Crippen LogP contribution is -2.49. The molecule has 0 radical (unpaired) electrons. The van der Waals surface area contributed by atoms with Crippen LogP contribution in [0.25, 0.3) is 11.1 Å². The summed E-state index contributed by atoms with van der Waals surface area (Å²) in [5, 5.41) is 8.79. The fourth-order valence-corrected chi connectivity index (χ4v) is 3.37. The number of nitrogens with one attached hydrogen (secondary N) is 1. The highest BCUT2D eigenvalue weighted by molar-refractivity contribution is 7.92. The van der Waals surface area contributed by atoms with Crippen molar-refractivity contribution in [3.63, 3.8) is 0 Å². The topological polar surface area (TPSA) is 105 Å². The fraction of sp³-hybridized carbons (Fsp3) is 0.294. The van der Waals surface area contributed by atoms with Gasteiger partial charge in [-0.1, -0.05) is 0 Å². The van der Waals surface area contributed by atoms with E-state index in [1.54, 1.807) is 0 Å². The van der Waals surface area contributed by atoms with Crippen LogP contribution in [0.15, 0.2) is 35.3 Å². The predicted molar refractivity (Wildman–Crippen MR) is 93.8 cm³/mol. The molecule has 152 valence electrons. The molecule has 0 aliphatic carbocycles. The van der Waals surface area contributed by atoms with Crippen molar-refractivity contribution < 1.29 is 31.6 Å². The summed E-state index contributed by atoms with van der Waals surface area (Å²) in [6, 6.07) is 3.95. The Kier molecular flexibility index (Phi) is 6.00. The van der Waals surface area contributed by atoms with Gasteiger partial charge in [0.2, 0.25) is 0 Å². The predicted octanol–water partition coefficient (Wildman–Crippen LogP) is 1.63. The first-order chi connectivity index (χ1) is 12.9. The molecule has 0 saturated carbocycles. The van der Waals surface area contributed by atoms with Crippen molar-refractivity contribution in [1.82, 2.24) is 10.0 Å². The Morgan fingerprint density at radius 3 is 2.39 bits per heavy atom. The number of sulfone groups is 1. The summed E-state index contributed by atoms with van der Waals surface area (Å²) in [5.41, 5.74) is 0.299. The molecule has 1 atom stereocenters. The van der Waals surface area contributed by atoms with Gasteiger partial charge in [0.05, 0.1) is 0 Å². The number of carbonyl (C=O) groups excluding carboxylic acids is 1. The molecule has 0 unspecified atom stereocenters. The third-order valence-electron chi connectivity index (χ3n) is 4.57. The van der Waals surface area contributed by atoms with Crippen molar-refractivity contribution in [2.24, 2.45) is 0 Å². The van der Waals surface area contributed by atoms with E-state index in [1.165, 1.54) is 17.7 Å². The van der Waals surface area contributed by atoms with Gasteiger partial charge < -0.3 is 4.57 Å². The molecule has 11 heteroatoms. The largest absolute Gasteiger partial charge is 0.315 e. The second-order valence-electron chi connectivity index (χ2n) is 6.36. The van der Waals surface area contributed by atoms with E-state index in [0.717, 1.165) is 35.9 Å². The molecule has 0 aliphatic heterocycles. The minimum atomic E-state index is -3.94. The van der Waals surface area contributed by atoms with Gasteiger partial charge in [-0.2, -0.15) is 0 Å². The number of rotatable bonds is 6. The second-order valence-corrected chi connectivity index (χ2v) is 8.81. The number of hydrogen-bond donors (Lipinski definition) is 2. The number of carbonyl (C=O) groups is 1. The Balaban J connectivity index is 2.35. The maximum Gasteiger partial charge on any atom is 0.264 e. The smallest absolute Gasteiger partial charge is 0.264 e. The van der Waals surface area contributed by atoms with Crippen molar-refractivity contribution in [3.8, 4) is 11.1 Å². The highest BCUT2D eigenvalue weighted by atomic mass is 32.2. The van der Waals surface area contributed by atoms with Gasteiger partial charge >= 0.3 is 0 Å². The van der Waals surface area contributed by atoms with E-state index in [2.05, 4.69) is 0 Å². The minimum Gasteiger partial charge on any atom is -0.315 e. The molecule has 1 amide bonds. The zero-order chi connectivity index (χ0) is 21.3. The first-order valence-corrected chi connectivity index (χ1v) is 9.80. The number of halogens is 3. The SMILES string of the molecule is C[C@@](CCn1ccc(-c2ccc(F)c(F)c2F)cc1=O)(C(=O)NO)S(C)(=O)=O. The zero-order valence-corrected chi connectivity index (χ0v) is 15.7. The van der Waals surface area contributed by atoms with E-state index >= 15 is 0 Å².